The van der Waals surface area contributed by atoms with Crippen molar-refractivity contribution in [1.29, 1.82) is 0 Å². The molecule has 1 fully saturated rings. The number of rotatable bonds is 1. The molecule has 3 N–H and O–H groups in total. The van der Waals surface area contributed by atoms with Gasteiger partial charge in [0.2, 0.25) is 0 Å². The highest BCUT2D eigenvalue weighted by Gasteiger charge is 2.41. The Labute approximate surface area is 69.6 Å². The van der Waals surface area contributed by atoms with Crippen LogP contribution in [0.4, 0.5) is 0 Å². The minimum Gasteiger partial charge on any atom is -0.388 e. The number of carbonyl (C=O) groups is 1. The Bertz CT molecular complexity index is 171. The Morgan fingerprint density at radius 1 is 1.17 bits per heavy atom. The molecule has 0 amide bonds. The van der Waals surface area contributed by atoms with Gasteiger partial charge in [-0.05, 0) is 6.92 Å². The average Bonchev–Trinajstić information content (AvgIpc) is 2.08. The van der Waals surface area contributed by atoms with Crippen LogP contribution in [0.15, 0.2) is 0 Å². The summed E-state index contributed by atoms with van der Waals surface area (Å²) in [6.07, 6.45) is -5.07. The number of carbonyl (C=O) groups excluding carboxylic acids is 1. The van der Waals surface area contributed by atoms with E-state index in [0.717, 1.165) is 0 Å². The molecule has 0 bridgehead atoms. The third-order valence-electron chi connectivity index (χ3n) is 2.02. The van der Waals surface area contributed by atoms with Crippen LogP contribution in [0.5, 0.6) is 0 Å². The van der Waals surface area contributed by atoms with Gasteiger partial charge in [0.1, 0.15) is 24.4 Å². The molecule has 4 unspecified atom stereocenters. The molecular weight excluding hydrogens is 164 g/mol. The lowest BCUT2D eigenvalue weighted by molar-refractivity contribution is -0.210. The van der Waals surface area contributed by atoms with Crippen molar-refractivity contribution in [2.45, 2.75) is 37.4 Å². The van der Waals surface area contributed by atoms with Crippen molar-refractivity contribution in [3.8, 4) is 0 Å². The van der Waals surface area contributed by atoms with Crippen molar-refractivity contribution in [2.24, 2.45) is 0 Å². The smallest absolute Gasteiger partial charge is 0.151 e. The zero-order valence-electron chi connectivity index (χ0n) is 6.62. The van der Waals surface area contributed by atoms with Crippen LogP contribution in [0.1, 0.15) is 6.92 Å². The SMILES string of the molecule is CC1OC(C=O)C(O)C(O)[C@H]1O. The molecule has 0 aliphatic carbocycles. The van der Waals surface area contributed by atoms with Gasteiger partial charge in [-0.15, -0.1) is 0 Å². The Kier molecular flexibility index (Phi) is 2.79. The maximum Gasteiger partial charge on any atom is 0.151 e. The Balaban J connectivity index is 2.70. The molecule has 1 heterocycles. The average molecular weight is 176 g/mol. The van der Waals surface area contributed by atoms with Crippen LogP contribution >= 0.6 is 0 Å². The van der Waals surface area contributed by atoms with Gasteiger partial charge in [-0.25, -0.2) is 0 Å². The van der Waals surface area contributed by atoms with Crippen LogP contribution < -0.4 is 0 Å². The predicted molar refractivity (Wildman–Crippen MR) is 38.4 cm³/mol. The first-order chi connectivity index (χ1) is 5.57. The molecule has 0 aromatic rings. The van der Waals surface area contributed by atoms with E-state index < -0.39 is 30.5 Å². The summed E-state index contributed by atoms with van der Waals surface area (Å²) >= 11 is 0. The van der Waals surface area contributed by atoms with Crippen molar-refractivity contribution in [3.63, 3.8) is 0 Å². The highest BCUT2D eigenvalue weighted by Crippen LogP contribution is 2.19. The van der Waals surface area contributed by atoms with Gasteiger partial charge in [0.25, 0.3) is 0 Å². The first-order valence-corrected chi connectivity index (χ1v) is 3.73. The maximum atomic E-state index is 10.3. The molecule has 5 heteroatoms. The minimum absolute atomic E-state index is 0.413. The van der Waals surface area contributed by atoms with E-state index in [1.54, 1.807) is 0 Å². The molecule has 0 aromatic carbocycles. The molecule has 0 spiro atoms. The monoisotopic (exact) mass is 176 g/mol. The summed E-state index contributed by atoms with van der Waals surface area (Å²) in [6, 6.07) is 0. The molecule has 0 saturated carbocycles. The van der Waals surface area contributed by atoms with E-state index >= 15 is 0 Å². The fourth-order valence-corrected chi connectivity index (χ4v) is 1.20. The van der Waals surface area contributed by atoms with E-state index in [0.29, 0.717) is 6.29 Å². The van der Waals surface area contributed by atoms with Gasteiger partial charge in [0.05, 0.1) is 6.10 Å². The molecule has 1 rings (SSSR count). The van der Waals surface area contributed by atoms with E-state index in [1.807, 2.05) is 0 Å². The van der Waals surface area contributed by atoms with Crippen molar-refractivity contribution in [1.82, 2.24) is 0 Å². The summed E-state index contributed by atoms with van der Waals surface area (Å²) in [6.45, 7) is 1.52. The number of aliphatic hydroxyl groups is 3. The van der Waals surface area contributed by atoms with Crippen molar-refractivity contribution < 1.29 is 24.9 Å². The molecule has 1 aliphatic rings. The fraction of sp³-hybridized carbons (Fsp3) is 0.857. The topological polar surface area (TPSA) is 87.0 Å². The predicted octanol–water partition coefficient (Wildman–Crippen LogP) is -1.94. The standard InChI is InChI=1S/C7H12O5/c1-3-5(9)7(11)6(10)4(2-8)12-3/h2-7,9-11H,1H3/t3?,4?,5-,6?,7?/m0/s1. The Hall–Kier alpha value is -0.490. The van der Waals surface area contributed by atoms with Gasteiger partial charge in [-0.3, -0.25) is 0 Å². The van der Waals surface area contributed by atoms with Crippen LogP contribution in [0, 0.1) is 0 Å². The van der Waals surface area contributed by atoms with Crippen LogP contribution in [0.2, 0.25) is 0 Å². The highest BCUT2D eigenvalue weighted by atomic mass is 16.5. The van der Waals surface area contributed by atoms with E-state index in [9.17, 15) is 15.0 Å². The molecule has 12 heavy (non-hydrogen) atoms. The van der Waals surface area contributed by atoms with Gasteiger partial charge < -0.3 is 24.9 Å². The number of hydrogen-bond acceptors (Lipinski definition) is 5. The lowest BCUT2D eigenvalue weighted by atomic mass is 9.96. The molecule has 0 aromatic heterocycles. The second kappa shape index (κ2) is 3.49. The lowest BCUT2D eigenvalue weighted by Crippen LogP contribution is -2.57. The molecular formula is C7H12O5. The second-order valence-corrected chi connectivity index (χ2v) is 2.91. The lowest BCUT2D eigenvalue weighted by Gasteiger charge is -2.36. The van der Waals surface area contributed by atoms with Crippen molar-refractivity contribution in [2.75, 3.05) is 0 Å². The van der Waals surface area contributed by atoms with Gasteiger partial charge in [-0.2, -0.15) is 0 Å². The van der Waals surface area contributed by atoms with Crippen LogP contribution in [-0.2, 0) is 9.53 Å². The van der Waals surface area contributed by atoms with Gasteiger partial charge in [0.15, 0.2) is 6.29 Å². The van der Waals surface area contributed by atoms with Gasteiger partial charge in [0, 0.05) is 0 Å². The molecule has 5 atom stereocenters. The number of aldehydes is 1. The number of aliphatic hydroxyl groups excluding tert-OH is 3. The van der Waals surface area contributed by atoms with Gasteiger partial charge >= 0.3 is 0 Å². The Morgan fingerprint density at radius 2 is 1.75 bits per heavy atom. The van der Waals surface area contributed by atoms with E-state index in [-0.39, 0.29) is 0 Å². The molecule has 1 aliphatic heterocycles. The normalized spacial score (nSPS) is 48.8. The summed E-state index contributed by atoms with van der Waals surface area (Å²) < 4.78 is 4.90. The summed E-state index contributed by atoms with van der Waals surface area (Å²) in [7, 11) is 0. The number of ether oxygens (including phenoxy) is 1. The zero-order valence-corrected chi connectivity index (χ0v) is 6.62. The van der Waals surface area contributed by atoms with Gasteiger partial charge in [-0.1, -0.05) is 0 Å². The maximum absolute atomic E-state index is 10.3. The summed E-state index contributed by atoms with van der Waals surface area (Å²) in [4.78, 5) is 10.3. The largest absolute Gasteiger partial charge is 0.388 e. The van der Waals surface area contributed by atoms with E-state index in [4.69, 9.17) is 9.84 Å². The minimum atomic E-state index is -1.34. The zero-order chi connectivity index (χ0) is 9.30. The first kappa shape index (κ1) is 9.60. The molecule has 1 saturated heterocycles. The molecule has 70 valence electrons. The summed E-state index contributed by atoms with van der Waals surface area (Å²) in [5.74, 6) is 0. The highest BCUT2D eigenvalue weighted by molar-refractivity contribution is 5.57. The summed E-state index contributed by atoms with van der Waals surface area (Å²) in [5, 5.41) is 27.5. The third-order valence-corrected chi connectivity index (χ3v) is 2.02. The van der Waals surface area contributed by atoms with Crippen LogP contribution in [-0.4, -0.2) is 52.1 Å². The second-order valence-electron chi connectivity index (χ2n) is 2.91. The van der Waals surface area contributed by atoms with Crippen molar-refractivity contribution >= 4 is 6.29 Å². The quantitative estimate of drug-likeness (QED) is 0.404. The van der Waals surface area contributed by atoms with Crippen molar-refractivity contribution in [3.05, 3.63) is 0 Å². The first-order valence-electron chi connectivity index (χ1n) is 3.73. The Morgan fingerprint density at radius 3 is 2.25 bits per heavy atom. The van der Waals surface area contributed by atoms with E-state index in [2.05, 4.69) is 0 Å². The van der Waals surface area contributed by atoms with Crippen LogP contribution in [0.25, 0.3) is 0 Å². The van der Waals surface area contributed by atoms with Crippen LogP contribution in [0.3, 0.4) is 0 Å². The number of hydrogen-bond donors (Lipinski definition) is 3. The fourth-order valence-electron chi connectivity index (χ4n) is 1.20. The third kappa shape index (κ3) is 1.49. The molecule has 5 nitrogen and oxygen atoms in total. The van der Waals surface area contributed by atoms with E-state index in [1.165, 1.54) is 6.92 Å². The summed E-state index contributed by atoms with van der Waals surface area (Å²) in [5.41, 5.74) is 0. The molecule has 0 radical (unpaired) electrons.